The van der Waals surface area contributed by atoms with Crippen molar-refractivity contribution >= 4 is 5.78 Å². The number of aliphatic hydroxyl groups is 1. The molecule has 0 aromatic heterocycles. The van der Waals surface area contributed by atoms with Crippen LogP contribution in [0.4, 0.5) is 0 Å². The summed E-state index contributed by atoms with van der Waals surface area (Å²) in [7, 11) is 0. The molecule has 0 radical (unpaired) electrons. The van der Waals surface area contributed by atoms with E-state index in [2.05, 4.69) is 6.58 Å². The van der Waals surface area contributed by atoms with Crippen LogP contribution < -0.4 is 0 Å². The largest absolute Gasteiger partial charge is 0.365 e. The summed E-state index contributed by atoms with van der Waals surface area (Å²) in [6.45, 7) is 3.69. The van der Waals surface area contributed by atoms with Gasteiger partial charge in [0.1, 0.15) is 6.61 Å². The van der Waals surface area contributed by atoms with Crippen molar-refractivity contribution in [3.8, 4) is 0 Å². The summed E-state index contributed by atoms with van der Waals surface area (Å²) in [5.74, 6) is -1.16. The lowest BCUT2D eigenvalue weighted by Gasteiger charge is -2.31. The highest BCUT2D eigenvalue weighted by Crippen LogP contribution is 2.54. The number of rotatable bonds is 2. The number of carbonyl (C=O) groups is 1. The first-order valence-electron chi connectivity index (χ1n) is 4.65. The van der Waals surface area contributed by atoms with Crippen LogP contribution in [0.1, 0.15) is 25.7 Å². The minimum atomic E-state index is -1.20. The second kappa shape index (κ2) is 2.66. The molecular formula is C10H14O3. The average Bonchev–Trinajstić information content (AvgIpc) is 2.51. The molecule has 2 rings (SSSR count). The first-order chi connectivity index (χ1) is 6.15. The van der Waals surface area contributed by atoms with Gasteiger partial charge in [0, 0.05) is 6.42 Å². The maximum atomic E-state index is 11.6. The lowest BCUT2D eigenvalue weighted by molar-refractivity contribution is -0.210. The Kier molecular flexibility index (Phi) is 1.82. The van der Waals surface area contributed by atoms with E-state index in [0.717, 1.165) is 12.8 Å². The Morgan fingerprint density at radius 2 is 2.38 bits per heavy atom. The molecule has 3 nitrogen and oxygen atoms in total. The summed E-state index contributed by atoms with van der Waals surface area (Å²) in [5.41, 5.74) is -0.672. The van der Waals surface area contributed by atoms with E-state index in [1.54, 1.807) is 6.08 Å². The van der Waals surface area contributed by atoms with Crippen molar-refractivity contribution in [2.45, 2.75) is 31.5 Å². The van der Waals surface area contributed by atoms with Gasteiger partial charge < -0.3 is 9.84 Å². The first-order valence-corrected chi connectivity index (χ1v) is 4.65. The SMILES string of the molecule is C=CCC12CCCC1(O)OCC2=O. The van der Waals surface area contributed by atoms with E-state index in [4.69, 9.17) is 4.74 Å². The van der Waals surface area contributed by atoms with Gasteiger partial charge in [-0.15, -0.1) is 6.58 Å². The fourth-order valence-electron chi connectivity index (χ4n) is 2.58. The number of hydrogen-bond donors (Lipinski definition) is 1. The van der Waals surface area contributed by atoms with Crippen molar-refractivity contribution in [3.05, 3.63) is 12.7 Å². The second-order valence-electron chi connectivity index (χ2n) is 3.92. The van der Waals surface area contributed by atoms with Crippen molar-refractivity contribution in [1.82, 2.24) is 0 Å². The molecule has 0 aromatic rings. The Morgan fingerprint density at radius 3 is 3.08 bits per heavy atom. The monoisotopic (exact) mass is 182 g/mol. The molecule has 1 saturated carbocycles. The summed E-state index contributed by atoms with van der Waals surface area (Å²) < 4.78 is 5.19. The zero-order chi connectivity index (χ0) is 9.53. The number of Topliss-reactive ketones (excluding diaryl/α,β-unsaturated/α-hetero) is 1. The third-order valence-corrected chi connectivity index (χ3v) is 3.34. The standard InChI is InChI=1S/C10H14O3/c1-2-4-9-5-3-6-10(9,12)13-7-8(9)11/h2,12H,1,3-7H2. The van der Waals surface area contributed by atoms with Crippen LogP contribution in [0.2, 0.25) is 0 Å². The number of hydrogen-bond acceptors (Lipinski definition) is 3. The lowest BCUT2D eigenvalue weighted by atomic mass is 9.76. The van der Waals surface area contributed by atoms with Gasteiger partial charge >= 0.3 is 0 Å². The van der Waals surface area contributed by atoms with E-state index in [1.807, 2.05) is 0 Å². The van der Waals surface area contributed by atoms with Gasteiger partial charge in [-0.3, -0.25) is 4.79 Å². The highest BCUT2D eigenvalue weighted by Gasteiger charge is 2.63. The van der Waals surface area contributed by atoms with E-state index < -0.39 is 11.2 Å². The molecule has 2 atom stereocenters. The molecule has 1 aliphatic carbocycles. The van der Waals surface area contributed by atoms with Crippen LogP contribution in [0.3, 0.4) is 0 Å². The lowest BCUT2D eigenvalue weighted by Crippen LogP contribution is -2.43. The van der Waals surface area contributed by atoms with Crippen LogP contribution in [0.15, 0.2) is 12.7 Å². The van der Waals surface area contributed by atoms with Crippen molar-refractivity contribution in [2.24, 2.45) is 5.41 Å². The van der Waals surface area contributed by atoms with E-state index in [1.165, 1.54) is 0 Å². The van der Waals surface area contributed by atoms with Gasteiger partial charge in [-0.05, 0) is 19.3 Å². The fourth-order valence-corrected chi connectivity index (χ4v) is 2.58. The highest BCUT2D eigenvalue weighted by molar-refractivity contribution is 5.89. The summed E-state index contributed by atoms with van der Waals surface area (Å²) in [5, 5.41) is 10.1. The van der Waals surface area contributed by atoms with Gasteiger partial charge in [0.05, 0.1) is 5.41 Å². The minimum absolute atomic E-state index is 0.0346. The molecule has 2 unspecified atom stereocenters. The molecule has 3 heteroatoms. The molecule has 2 fully saturated rings. The summed E-state index contributed by atoms with van der Waals surface area (Å²) >= 11 is 0. The molecule has 1 saturated heterocycles. The van der Waals surface area contributed by atoms with Crippen LogP contribution in [0.5, 0.6) is 0 Å². The summed E-state index contributed by atoms with van der Waals surface area (Å²) in [6, 6.07) is 0. The topological polar surface area (TPSA) is 46.5 Å². The molecule has 13 heavy (non-hydrogen) atoms. The summed E-state index contributed by atoms with van der Waals surface area (Å²) in [4.78, 5) is 11.6. The molecule has 1 N–H and O–H groups in total. The third-order valence-electron chi connectivity index (χ3n) is 3.34. The maximum absolute atomic E-state index is 11.6. The molecule has 72 valence electrons. The summed E-state index contributed by atoms with van der Waals surface area (Å²) in [6.07, 6.45) is 4.39. The maximum Gasteiger partial charge on any atom is 0.179 e. The van der Waals surface area contributed by atoms with Crippen LogP contribution >= 0.6 is 0 Å². The Hall–Kier alpha value is -0.670. The number of fused-ring (bicyclic) bond motifs is 1. The number of ketones is 1. The van der Waals surface area contributed by atoms with E-state index in [0.29, 0.717) is 12.8 Å². The van der Waals surface area contributed by atoms with Crippen LogP contribution in [0, 0.1) is 5.41 Å². The van der Waals surface area contributed by atoms with E-state index in [-0.39, 0.29) is 12.4 Å². The third kappa shape index (κ3) is 0.944. The normalized spacial score (nSPS) is 43.6. The van der Waals surface area contributed by atoms with E-state index >= 15 is 0 Å². The minimum Gasteiger partial charge on any atom is -0.365 e. The van der Waals surface area contributed by atoms with Crippen molar-refractivity contribution < 1.29 is 14.6 Å². The Balaban J connectivity index is 2.38. The average molecular weight is 182 g/mol. The zero-order valence-corrected chi connectivity index (χ0v) is 7.58. The Morgan fingerprint density at radius 1 is 1.62 bits per heavy atom. The van der Waals surface area contributed by atoms with E-state index in [9.17, 15) is 9.90 Å². The van der Waals surface area contributed by atoms with Crippen LogP contribution in [0.25, 0.3) is 0 Å². The fraction of sp³-hybridized carbons (Fsp3) is 0.700. The van der Waals surface area contributed by atoms with Crippen LogP contribution in [-0.4, -0.2) is 23.3 Å². The molecule has 0 bridgehead atoms. The van der Waals surface area contributed by atoms with Crippen LogP contribution in [-0.2, 0) is 9.53 Å². The molecular weight excluding hydrogens is 168 g/mol. The van der Waals surface area contributed by atoms with Crippen molar-refractivity contribution in [1.29, 1.82) is 0 Å². The predicted molar refractivity (Wildman–Crippen MR) is 47.0 cm³/mol. The molecule has 1 heterocycles. The molecule has 2 aliphatic rings. The number of ether oxygens (including phenoxy) is 1. The zero-order valence-electron chi connectivity index (χ0n) is 7.58. The predicted octanol–water partition coefficient (Wildman–Crippen LogP) is 1.02. The highest BCUT2D eigenvalue weighted by atomic mass is 16.6. The Bertz CT molecular complexity index is 261. The van der Waals surface area contributed by atoms with Gasteiger partial charge in [0.2, 0.25) is 0 Å². The van der Waals surface area contributed by atoms with Gasteiger partial charge in [0.15, 0.2) is 11.6 Å². The van der Waals surface area contributed by atoms with Gasteiger partial charge in [-0.1, -0.05) is 6.08 Å². The van der Waals surface area contributed by atoms with Gasteiger partial charge in [0.25, 0.3) is 0 Å². The smallest absolute Gasteiger partial charge is 0.179 e. The molecule has 0 amide bonds. The van der Waals surface area contributed by atoms with Gasteiger partial charge in [-0.2, -0.15) is 0 Å². The number of carbonyl (C=O) groups excluding carboxylic acids is 1. The van der Waals surface area contributed by atoms with Crippen molar-refractivity contribution in [3.63, 3.8) is 0 Å². The molecule has 1 aliphatic heterocycles. The number of allylic oxidation sites excluding steroid dienone is 1. The molecule has 0 spiro atoms. The van der Waals surface area contributed by atoms with Gasteiger partial charge in [-0.25, -0.2) is 0 Å². The first kappa shape index (κ1) is 8.91. The Labute approximate surface area is 77.4 Å². The molecule has 0 aromatic carbocycles. The second-order valence-corrected chi connectivity index (χ2v) is 3.92. The van der Waals surface area contributed by atoms with Crippen molar-refractivity contribution in [2.75, 3.05) is 6.61 Å². The quantitative estimate of drug-likeness (QED) is 0.648.